The molecule has 0 saturated carbocycles. The Labute approximate surface area is 125 Å². The van der Waals surface area contributed by atoms with Gasteiger partial charge in [-0.25, -0.2) is 4.79 Å². The predicted molar refractivity (Wildman–Crippen MR) is 82.4 cm³/mol. The standard InChI is InChI=1S/C15H23ClN2O2/c1-15(2,12-5-7-13(16)8-6-12)11-18-14(19)17-9-4-10-20-3/h5-8H,4,9-11H2,1-3H3,(H2,17,18,19). The first kappa shape index (κ1) is 16.8. The molecule has 1 aromatic carbocycles. The van der Waals surface area contributed by atoms with Gasteiger partial charge in [-0.05, 0) is 24.1 Å². The lowest BCUT2D eigenvalue weighted by Crippen LogP contribution is -2.42. The third-order valence-electron chi connectivity index (χ3n) is 3.13. The van der Waals surface area contributed by atoms with Crippen LogP contribution in [0.1, 0.15) is 25.8 Å². The summed E-state index contributed by atoms with van der Waals surface area (Å²) in [5.74, 6) is 0. The van der Waals surface area contributed by atoms with E-state index in [2.05, 4.69) is 24.5 Å². The Hall–Kier alpha value is -1.26. The molecule has 0 radical (unpaired) electrons. The maximum absolute atomic E-state index is 11.7. The lowest BCUT2D eigenvalue weighted by Gasteiger charge is -2.25. The van der Waals surface area contributed by atoms with Gasteiger partial charge in [-0.1, -0.05) is 37.6 Å². The van der Waals surface area contributed by atoms with Crippen molar-refractivity contribution in [2.45, 2.75) is 25.7 Å². The van der Waals surface area contributed by atoms with Crippen LogP contribution in [0.2, 0.25) is 5.02 Å². The van der Waals surface area contributed by atoms with Gasteiger partial charge in [-0.15, -0.1) is 0 Å². The van der Waals surface area contributed by atoms with E-state index in [0.29, 0.717) is 24.7 Å². The molecular formula is C15H23ClN2O2. The van der Waals surface area contributed by atoms with Crippen LogP contribution in [0.3, 0.4) is 0 Å². The highest BCUT2D eigenvalue weighted by atomic mass is 35.5. The van der Waals surface area contributed by atoms with Crippen molar-refractivity contribution >= 4 is 17.6 Å². The molecule has 5 heteroatoms. The normalized spacial score (nSPS) is 11.2. The molecule has 0 heterocycles. The molecule has 112 valence electrons. The molecule has 0 aliphatic heterocycles. The number of urea groups is 1. The molecule has 0 atom stereocenters. The van der Waals surface area contributed by atoms with Crippen LogP contribution in [0.4, 0.5) is 4.79 Å². The molecule has 0 bridgehead atoms. The van der Waals surface area contributed by atoms with Crippen molar-refractivity contribution in [1.29, 1.82) is 0 Å². The van der Waals surface area contributed by atoms with Gasteiger partial charge in [0.15, 0.2) is 0 Å². The van der Waals surface area contributed by atoms with Crippen molar-refractivity contribution in [3.8, 4) is 0 Å². The van der Waals surface area contributed by atoms with Crippen LogP contribution >= 0.6 is 11.6 Å². The van der Waals surface area contributed by atoms with Gasteiger partial charge in [-0.2, -0.15) is 0 Å². The van der Waals surface area contributed by atoms with Crippen molar-refractivity contribution in [2.75, 3.05) is 26.8 Å². The van der Waals surface area contributed by atoms with Crippen molar-refractivity contribution in [3.63, 3.8) is 0 Å². The molecule has 0 aromatic heterocycles. The lowest BCUT2D eigenvalue weighted by molar-refractivity contribution is 0.193. The molecule has 0 fully saturated rings. The van der Waals surface area contributed by atoms with E-state index in [1.807, 2.05) is 24.3 Å². The van der Waals surface area contributed by atoms with Gasteiger partial charge in [0.25, 0.3) is 0 Å². The summed E-state index contributed by atoms with van der Waals surface area (Å²) in [7, 11) is 1.65. The van der Waals surface area contributed by atoms with E-state index < -0.39 is 0 Å². The number of methoxy groups -OCH3 is 1. The molecule has 0 spiro atoms. The number of carbonyl (C=O) groups excluding carboxylic acids is 1. The zero-order valence-corrected chi connectivity index (χ0v) is 13.1. The van der Waals surface area contributed by atoms with Crippen LogP contribution < -0.4 is 10.6 Å². The zero-order valence-electron chi connectivity index (χ0n) is 12.3. The summed E-state index contributed by atoms with van der Waals surface area (Å²) in [5, 5.41) is 6.40. The number of amides is 2. The molecule has 20 heavy (non-hydrogen) atoms. The summed E-state index contributed by atoms with van der Waals surface area (Å²) in [4.78, 5) is 11.7. The van der Waals surface area contributed by atoms with E-state index in [1.54, 1.807) is 7.11 Å². The van der Waals surface area contributed by atoms with Gasteiger partial charge in [0.05, 0.1) is 0 Å². The SMILES string of the molecule is COCCCNC(=O)NCC(C)(C)c1ccc(Cl)cc1. The average Bonchev–Trinajstić information content (AvgIpc) is 2.42. The smallest absolute Gasteiger partial charge is 0.314 e. The van der Waals surface area contributed by atoms with Crippen molar-refractivity contribution in [3.05, 3.63) is 34.9 Å². The van der Waals surface area contributed by atoms with E-state index in [1.165, 1.54) is 0 Å². The summed E-state index contributed by atoms with van der Waals surface area (Å²) in [6.07, 6.45) is 0.810. The minimum absolute atomic E-state index is 0.144. The highest BCUT2D eigenvalue weighted by Gasteiger charge is 2.21. The molecule has 0 unspecified atom stereocenters. The highest BCUT2D eigenvalue weighted by molar-refractivity contribution is 6.30. The molecule has 2 N–H and O–H groups in total. The third kappa shape index (κ3) is 5.80. The van der Waals surface area contributed by atoms with E-state index in [-0.39, 0.29) is 11.4 Å². The van der Waals surface area contributed by atoms with Gasteiger partial charge in [0.1, 0.15) is 0 Å². The largest absolute Gasteiger partial charge is 0.385 e. The highest BCUT2D eigenvalue weighted by Crippen LogP contribution is 2.23. The maximum atomic E-state index is 11.7. The Bertz CT molecular complexity index is 418. The second kappa shape index (κ2) is 8.12. The van der Waals surface area contributed by atoms with Crippen LogP contribution in [-0.2, 0) is 10.2 Å². The lowest BCUT2D eigenvalue weighted by atomic mass is 9.85. The molecule has 0 saturated heterocycles. The number of hydrogen-bond donors (Lipinski definition) is 2. The van der Waals surface area contributed by atoms with Crippen molar-refractivity contribution < 1.29 is 9.53 Å². The Morgan fingerprint density at radius 1 is 1.25 bits per heavy atom. The number of ether oxygens (including phenoxy) is 1. The number of carbonyl (C=O) groups is 1. The van der Waals surface area contributed by atoms with Gasteiger partial charge in [0.2, 0.25) is 0 Å². The quantitative estimate of drug-likeness (QED) is 0.760. The van der Waals surface area contributed by atoms with E-state index in [0.717, 1.165) is 12.0 Å². The minimum Gasteiger partial charge on any atom is -0.385 e. The minimum atomic E-state index is -0.150. The first-order chi connectivity index (χ1) is 9.45. The van der Waals surface area contributed by atoms with Crippen LogP contribution in [0.25, 0.3) is 0 Å². The van der Waals surface area contributed by atoms with Crippen molar-refractivity contribution in [2.24, 2.45) is 0 Å². The van der Waals surface area contributed by atoms with Crippen LogP contribution in [0.5, 0.6) is 0 Å². The monoisotopic (exact) mass is 298 g/mol. The van der Waals surface area contributed by atoms with E-state index in [9.17, 15) is 4.79 Å². The maximum Gasteiger partial charge on any atom is 0.314 e. The van der Waals surface area contributed by atoms with Crippen LogP contribution in [-0.4, -0.2) is 32.8 Å². The zero-order chi connectivity index (χ0) is 15.0. The Morgan fingerprint density at radius 2 is 1.90 bits per heavy atom. The Balaban J connectivity index is 2.39. The average molecular weight is 299 g/mol. The number of halogens is 1. The van der Waals surface area contributed by atoms with Gasteiger partial charge in [0, 0.05) is 37.2 Å². The first-order valence-electron chi connectivity index (χ1n) is 6.72. The molecule has 0 aliphatic carbocycles. The van der Waals surface area contributed by atoms with Gasteiger partial charge >= 0.3 is 6.03 Å². The summed E-state index contributed by atoms with van der Waals surface area (Å²) >= 11 is 5.88. The molecular weight excluding hydrogens is 276 g/mol. The molecule has 4 nitrogen and oxygen atoms in total. The number of benzene rings is 1. The van der Waals surface area contributed by atoms with Gasteiger partial charge in [-0.3, -0.25) is 0 Å². The topological polar surface area (TPSA) is 50.4 Å². The second-order valence-electron chi connectivity index (χ2n) is 5.35. The summed E-state index contributed by atoms with van der Waals surface area (Å²) < 4.78 is 4.92. The second-order valence-corrected chi connectivity index (χ2v) is 5.78. The molecule has 1 rings (SSSR count). The number of rotatable bonds is 7. The number of nitrogens with one attached hydrogen (secondary N) is 2. The Morgan fingerprint density at radius 3 is 2.50 bits per heavy atom. The predicted octanol–water partition coefficient (Wildman–Crippen LogP) is 2.95. The first-order valence-corrected chi connectivity index (χ1v) is 7.10. The molecule has 1 aromatic rings. The summed E-state index contributed by atoms with van der Waals surface area (Å²) in [5.41, 5.74) is 0.996. The summed E-state index contributed by atoms with van der Waals surface area (Å²) in [6.45, 7) is 5.99. The fourth-order valence-electron chi connectivity index (χ4n) is 1.79. The molecule has 0 aliphatic rings. The number of hydrogen-bond acceptors (Lipinski definition) is 2. The molecule has 2 amide bonds. The van der Waals surface area contributed by atoms with E-state index >= 15 is 0 Å². The van der Waals surface area contributed by atoms with Crippen LogP contribution in [0, 0.1) is 0 Å². The fourth-order valence-corrected chi connectivity index (χ4v) is 1.91. The van der Waals surface area contributed by atoms with E-state index in [4.69, 9.17) is 16.3 Å². The fraction of sp³-hybridized carbons (Fsp3) is 0.533. The van der Waals surface area contributed by atoms with Gasteiger partial charge < -0.3 is 15.4 Å². The summed E-state index contributed by atoms with van der Waals surface area (Å²) in [6, 6.07) is 7.55. The third-order valence-corrected chi connectivity index (χ3v) is 3.38. The van der Waals surface area contributed by atoms with Crippen LogP contribution in [0.15, 0.2) is 24.3 Å². The Kier molecular flexibility index (Phi) is 6.82. The van der Waals surface area contributed by atoms with Crippen molar-refractivity contribution in [1.82, 2.24) is 10.6 Å².